The van der Waals surface area contributed by atoms with Crippen LogP contribution in [-0.4, -0.2) is 30.4 Å². The van der Waals surface area contributed by atoms with Crippen LogP contribution in [0, 0.1) is 3.57 Å². The van der Waals surface area contributed by atoms with E-state index in [0.717, 1.165) is 20.9 Å². The van der Waals surface area contributed by atoms with Crippen LogP contribution >= 0.6 is 34.4 Å². The molecule has 1 N–H and O–H groups in total. The van der Waals surface area contributed by atoms with E-state index in [9.17, 15) is 22.8 Å². The first kappa shape index (κ1) is 25.9. The smallest absolute Gasteiger partial charge is 0.339 e. The SMILES string of the molecule is CC(=O)Nc1ccc(S(=O)(=O)Oc2ccc(/C=C3\SC(=O)N(Cc4ccc(I)cc4)C3=O)cc2)cc1. The van der Waals surface area contributed by atoms with Crippen molar-refractivity contribution in [3.8, 4) is 5.75 Å². The van der Waals surface area contributed by atoms with Gasteiger partial charge in [-0.25, -0.2) is 0 Å². The zero-order chi connectivity index (χ0) is 25.9. The van der Waals surface area contributed by atoms with Crippen LogP contribution in [0.5, 0.6) is 5.75 Å². The molecule has 0 spiro atoms. The normalized spacial score (nSPS) is 14.8. The van der Waals surface area contributed by atoms with Crippen LogP contribution in [0.4, 0.5) is 10.5 Å². The summed E-state index contributed by atoms with van der Waals surface area (Å²) < 4.78 is 31.4. The highest BCUT2D eigenvalue weighted by atomic mass is 127. The Morgan fingerprint density at radius 2 is 1.64 bits per heavy atom. The number of benzene rings is 3. The fourth-order valence-corrected chi connectivity index (χ4v) is 5.39. The van der Waals surface area contributed by atoms with E-state index in [1.807, 2.05) is 24.3 Å². The Kier molecular flexibility index (Phi) is 7.81. The first-order valence-corrected chi connectivity index (χ1v) is 13.8. The summed E-state index contributed by atoms with van der Waals surface area (Å²) in [4.78, 5) is 37.7. The average Bonchev–Trinajstić information content (AvgIpc) is 3.09. The van der Waals surface area contributed by atoms with Crippen LogP contribution in [0.2, 0.25) is 0 Å². The summed E-state index contributed by atoms with van der Waals surface area (Å²) >= 11 is 3.04. The summed E-state index contributed by atoms with van der Waals surface area (Å²) in [6, 6.07) is 19.3. The minimum Gasteiger partial charge on any atom is -0.379 e. The molecule has 1 saturated heterocycles. The van der Waals surface area contributed by atoms with E-state index in [0.29, 0.717) is 11.3 Å². The number of thioether (sulfide) groups is 1. The van der Waals surface area contributed by atoms with Crippen molar-refractivity contribution < 1.29 is 27.0 Å². The number of carbonyl (C=O) groups excluding carboxylic acids is 3. The predicted molar refractivity (Wildman–Crippen MR) is 146 cm³/mol. The Hall–Kier alpha value is -3.16. The summed E-state index contributed by atoms with van der Waals surface area (Å²) in [6.45, 7) is 1.54. The molecule has 4 rings (SSSR count). The Labute approximate surface area is 226 Å². The topological polar surface area (TPSA) is 110 Å². The molecule has 8 nitrogen and oxygen atoms in total. The van der Waals surface area contributed by atoms with Crippen LogP contribution in [0.1, 0.15) is 18.1 Å². The van der Waals surface area contributed by atoms with Gasteiger partial charge in [-0.1, -0.05) is 24.3 Å². The quantitative estimate of drug-likeness (QED) is 0.215. The zero-order valence-electron chi connectivity index (χ0n) is 18.8. The van der Waals surface area contributed by atoms with Crippen molar-refractivity contribution in [1.29, 1.82) is 0 Å². The number of anilines is 1. The van der Waals surface area contributed by atoms with E-state index in [1.54, 1.807) is 18.2 Å². The van der Waals surface area contributed by atoms with Gasteiger partial charge in [0.25, 0.3) is 11.1 Å². The number of hydrogen-bond acceptors (Lipinski definition) is 7. The molecule has 1 heterocycles. The summed E-state index contributed by atoms with van der Waals surface area (Å²) in [7, 11) is -4.09. The fraction of sp³-hybridized carbons (Fsp3) is 0.0800. The monoisotopic (exact) mass is 634 g/mol. The van der Waals surface area contributed by atoms with E-state index in [-0.39, 0.29) is 39.1 Å². The predicted octanol–water partition coefficient (Wildman–Crippen LogP) is 5.25. The molecule has 3 amide bonds. The molecule has 1 fully saturated rings. The number of nitrogens with zero attached hydrogens (tertiary/aromatic N) is 1. The summed E-state index contributed by atoms with van der Waals surface area (Å²) in [5.74, 6) is -0.559. The first-order chi connectivity index (χ1) is 17.1. The van der Waals surface area contributed by atoms with Gasteiger partial charge >= 0.3 is 10.1 Å². The molecular formula is C25H19IN2O6S2. The number of amides is 3. The highest BCUT2D eigenvalue weighted by Gasteiger charge is 2.35. The van der Waals surface area contributed by atoms with Crippen molar-refractivity contribution in [3.05, 3.63) is 92.4 Å². The Bertz CT molecular complexity index is 1450. The number of halogens is 1. The Morgan fingerprint density at radius 1 is 1.00 bits per heavy atom. The van der Waals surface area contributed by atoms with Gasteiger partial charge in [0, 0.05) is 16.2 Å². The van der Waals surface area contributed by atoms with Crippen molar-refractivity contribution in [3.63, 3.8) is 0 Å². The molecule has 11 heteroatoms. The van der Waals surface area contributed by atoms with Crippen LogP contribution in [-0.2, 0) is 26.3 Å². The minimum atomic E-state index is -4.09. The highest BCUT2D eigenvalue weighted by molar-refractivity contribution is 14.1. The number of carbonyl (C=O) groups is 3. The second kappa shape index (κ2) is 10.8. The van der Waals surface area contributed by atoms with Gasteiger partial charge in [0.1, 0.15) is 10.6 Å². The Balaban J connectivity index is 1.43. The average molecular weight is 634 g/mol. The molecule has 0 bridgehead atoms. The number of hydrogen-bond donors (Lipinski definition) is 1. The lowest BCUT2D eigenvalue weighted by Crippen LogP contribution is -2.27. The van der Waals surface area contributed by atoms with Crippen molar-refractivity contribution in [2.45, 2.75) is 18.4 Å². The van der Waals surface area contributed by atoms with Gasteiger partial charge in [0.2, 0.25) is 5.91 Å². The molecule has 36 heavy (non-hydrogen) atoms. The first-order valence-electron chi connectivity index (χ1n) is 10.5. The molecule has 0 unspecified atom stereocenters. The van der Waals surface area contributed by atoms with Gasteiger partial charge < -0.3 is 9.50 Å². The van der Waals surface area contributed by atoms with Gasteiger partial charge in [0.15, 0.2) is 0 Å². The number of rotatable bonds is 7. The second-order valence-electron chi connectivity index (χ2n) is 7.71. The molecule has 0 aromatic heterocycles. The molecule has 3 aromatic carbocycles. The van der Waals surface area contributed by atoms with Crippen molar-refractivity contribution >= 4 is 73.3 Å². The second-order valence-corrected chi connectivity index (χ2v) is 11.5. The van der Waals surface area contributed by atoms with E-state index < -0.39 is 10.1 Å². The van der Waals surface area contributed by atoms with Gasteiger partial charge in [-0.3, -0.25) is 19.3 Å². The third kappa shape index (κ3) is 6.33. The Morgan fingerprint density at radius 3 is 2.25 bits per heavy atom. The van der Waals surface area contributed by atoms with E-state index >= 15 is 0 Å². The molecule has 0 atom stereocenters. The lowest BCUT2D eigenvalue weighted by molar-refractivity contribution is -0.123. The van der Waals surface area contributed by atoms with E-state index in [4.69, 9.17) is 4.18 Å². The largest absolute Gasteiger partial charge is 0.379 e. The molecule has 0 aliphatic carbocycles. The molecule has 0 radical (unpaired) electrons. The third-order valence-corrected chi connectivity index (χ3v) is 7.86. The standard InChI is InChI=1S/C25H19IN2O6S2/c1-16(29)27-20-8-12-22(13-9-20)36(32,33)34-21-10-4-17(5-11-21)14-23-24(30)28(25(31)35-23)15-18-2-6-19(26)7-3-18/h2-14H,15H2,1H3,(H,27,29)/b23-14-. The maximum absolute atomic E-state index is 12.8. The maximum Gasteiger partial charge on any atom is 0.339 e. The number of imide groups is 1. The van der Waals surface area contributed by atoms with Crippen LogP contribution in [0.15, 0.2) is 82.6 Å². The summed E-state index contributed by atoms with van der Waals surface area (Å²) in [6.07, 6.45) is 1.58. The van der Waals surface area contributed by atoms with Crippen molar-refractivity contribution in [2.24, 2.45) is 0 Å². The lowest BCUT2D eigenvalue weighted by atomic mass is 10.2. The van der Waals surface area contributed by atoms with Gasteiger partial charge in [0.05, 0.1) is 11.4 Å². The molecule has 184 valence electrons. The highest BCUT2D eigenvalue weighted by Crippen LogP contribution is 2.33. The maximum atomic E-state index is 12.8. The zero-order valence-corrected chi connectivity index (χ0v) is 22.6. The van der Waals surface area contributed by atoms with E-state index in [1.165, 1.54) is 48.2 Å². The van der Waals surface area contributed by atoms with Crippen LogP contribution < -0.4 is 9.50 Å². The van der Waals surface area contributed by atoms with E-state index in [2.05, 4.69) is 27.9 Å². The summed E-state index contributed by atoms with van der Waals surface area (Å²) in [5.41, 5.74) is 1.93. The molecule has 0 saturated carbocycles. The van der Waals surface area contributed by atoms with Crippen molar-refractivity contribution in [1.82, 2.24) is 4.90 Å². The third-order valence-electron chi connectivity index (χ3n) is 4.97. The molecule has 1 aliphatic heterocycles. The van der Waals surface area contributed by atoms with Gasteiger partial charge in [-0.05, 0) is 100 Å². The van der Waals surface area contributed by atoms with Crippen molar-refractivity contribution in [2.75, 3.05) is 5.32 Å². The van der Waals surface area contributed by atoms with Crippen LogP contribution in [0.3, 0.4) is 0 Å². The van der Waals surface area contributed by atoms with Crippen LogP contribution in [0.25, 0.3) is 6.08 Å². The molecular weight excluding hydrogens is 615 g/mol. The lowest BCUT2D eigenvalue weighted by Gasteiger charge is -2.12. The fourth-order valence-electron chi connectivity index (χ4n) is 3.26. The van der Waals surface area contributed by atoms with Gasteiger partial charge in [-0.2, -0.15) is 8.42 Å². The minimum absolute atomic E-state index is 0.0671. The summed E-state index contributed by atoms with van der Waals surface area (Å²) in [5, 5.41) is 2.21. The molecule has 3 aromatic rings. The number of nitrogens with one attached hydrogen (secondary N) is 1. The molecule has 1 aliphatic rings. The van der Waals surface area contributed by atoms with Gasteiger partial charge in [-0.15, -0.1) is 0 Å².